The highest BCUT2D eigenvalue weighted by Gasteiger charge is 2.28. The molecular formula is C12H20N4O4S. The third kappa shape index (κ3) is 4.13. The highest BCUT2D eigenvalue weighted by Crippen LogP contribution is 2.27. The molecule has 0 aliphatic heterocycles. The maximum Gasteiger partial charge on any atom is 0.291 e. The van der Waals surface area contributed by atoms with E-state index in [9.17, 15) is 18.5 Å². The van der Waals surface area contributed by atoms with Crippen molar-refractivity contribution in [2.45, 2.75) is 38.1 Å². The molecule has 4 N–H and O–H groups in total. The minimum Gasteiger partial charge on any atom is -0.324 e. The molecule has 1 rings (SSSR count). The molecule has 0 saturated carbocycles. The lowest BCUT2D eigenvalue weighted by atomic mass is 10.0. The number of rotatable bonds is 7. The number of hydrogen-bond acceptors (Lipinski definition) is 6. The minimum atomic E-state index is -3.98. The summed E-state index contributed by atoms with van der Waals surface area (Å²) in [4.78, 5) is 9.96. The maximum absolute atomic E-state index is 12.4. The summed E-state index contributed by atoms with van der Waals surface area (Å²) >= 11 is 0. The summed E-state index contributed by atoms with van der Waals surface area (Å²) in [5.41, 5.74) is 2.00. The molecule has 0 fully saturated rings. The number of nitrogens with zero attached hydrogens (tertiary/aromatic N) is 1. The molecule has 0 aliphatic carbocycles. The van der Waals surface area contributed by atoms with Crippen molar-refractivity contribution in [1.29, 1.82) is 0 Å². The number of nitro groups is 1. The largest absolute Gasteiger partial charge is 0.324 e. The van der Waals surface area contributed by atoms with Crippen LogP contribution in [0.3, 0.4) is 0 Å². The Kier molecular flexibility index (Phi) is 5.64. The minimum absolute atomic E-state index is 0.0776. The van der Waals surface area contributed by atoms with Crippen molar-refractivity contribution in [3.63, 3.8) is 0 Å². The van der Waals surface area contributed by atoms with E-state index >= 15 is 0 Å². The molecule has 1 aromatic rings. The molecule has 0 heterocycles. The standard InChI is InChI=1S/C12H20N4O4S/c1-4-10(8(2)3)15-21(19,20)12-6-5-9(14-13)7-11(12)16(17)18/h5-8,10,14-15H,4,13H2,1-3H3. The van der Waals surface area contributed by atoms with E-state index in [2.05, 4.69) is 10.1 Å². The summed E-state index contributed by atoms with van der Waals surface area (Å²) in [6, 6.07) is 3.34. The van der Waals surface area contributed by atoms with Gasteiger partial charge < -0.3 is 5.43 Å². The fourth-order valence-corrected chi connectivity index (χ4v) is 3.55. The van der Waals surface area contributed by atoms with Crippen LogP contribution in [0.25, 0.3) is 0 Å². The summed E-state index contributed by atoms with van der Waals surface area (Å²) in [7, 11) is -3.98. The zero-order valence-corrected chi connectivity index (χ0v) is 13.0. The van der Waals surface area contributed by atoms with Crippen LogP contribution in [-0.2, 0) is 10.0 Å². The summed E-state index contributed by atoms with van der Waals surface area (Å²) in [6.45, 7) is 5.61. The second-order valence-electron chi connectivity index (χ2n) is 4.96. The van der Waals surface area contributed by atoms with Gasteiger partial charge >= 0.3 is 0 Å². The molecule has 0 radical (unpaired) electrons. The van der Waals surface area contributed by atoms with Crippen LogP contribution in [-0.4, -0.2) is 19.4 Å². The lowest BCUT2D eigenvalue weighted by Crippen LogP contribution is -2.38. The van der Waals surface area contributed by atoms with Gasteiger partial charge in [0.1, 0.15) is 0 Å². The van der Waals surface area contributed by atoms with Crippen LogP contribution in [0.15, 0.2) is 23.1 Å². The molecule has 1 atom stereocenters. The van der Waals surface area contributed by atoms with Gasteiger partial charge in [-0.3, -0.25) is 16.0 Å². The average Bonchev–Trinajstić information content (AvgIpc) is 2.43. The Labute approximate surface area is 123 Å². The molecule has 9 heteroatoms. The van der Waals surface area contributed by atoms with Crippen LogP contribution in [0, 0.1) is 16.0 Å². The van der Waals surface area contributed by atoms with Crippen molar-refractivity contribution in [2.24, 2.45) is 11.8 Å². The Morgan fingerprint density at radius 1 is 1.38 bits per heavy atom. The van der Waals surface area contributed by atoms with Gasteiger partial charge in [-0.1, -0.05) is 20.8 Å². The number of benzene rings is 1. The van der Waals surface area contributed by atoms with E-state index in [0.29, 0.717) is 6.42 Å². The van der Waals surface area contributed by atoms with E-state index < -0.39 is 20.6 Å². The molecule has 8 nitrogen and oxygen atoms in total. The molecule has 0 aromatic heterocycles. The smallest absolute Gasteiger partial charge is 0.291 e. The van der Waals surface area contributed by atoms with Crippen LogP contribution in [0.2, 0.25) is 0 Å². The third-order valence-electron chi connectivity index (χ3n) is 3.16. The van der Waals surface area contributed by atoms with Crippen LogP contribution < -0.4 is 16.0 Å². The molecule has 0 amide bonds. The lowest BCUT2D eigenvalue weighted by molar-refractivity contribution is -0.387. The van der Waals surface area contributed by atoms with Crippen molar-refractivity contribution >= 4 is 21.4 Å². The zero-order valence-electron chi connectivity index (χ0n) is 12.2. The van der Waals surface area contributed by atoms with Crippen LogP contribution in [0.4, 0.5) is 11.4 Å². The summed E-state index contributed by atoms with van der Waals surface area (Å²) in [5, 5.41) is 11.1. The predicted octanol–water partition coefficient (Wildman–Crippen LogP) is 1.59. The summed E-state index contributed by atoms with van der Waals surface area (Å²) in [6.07, 6.45) is 0.590. The molecule has 0 saturated heterocycles. The van der Waals surface area contributed by atoms with Crippen LogP contribution in [0.1, 0.15) is 27.2 Å². The van der Waals surface area contributed by atoms with Crippen molar-refractivity contribution in [1.82, 2.24) is 4.72 Å². The van der Waals surface area contributed by atoms with E-state index in [1.807, 2.05) is 20.8 Å². The molecule has 1 aromatic carbocycles. The normalized spacial score (nSPS) is 13.2. The molecule has 1 unspecified atom stereocenters. The number of nitrogens with two attached hydrogens (primary N) is 1. The molecular weight excluding hydrogens is 296 g/mol. The van der Waals surface area contributed by atoms with Crippen LogP contribution in [0.5, 0.6) is 0 Å². The van der Waals surface area contributed by atoms with Crippen molar-refractivity contribution in [2.75, 3.05) is 5.43 Å². The van der Waals surface area contributed by atoms with Gasteiger partial charge in [0.05, 0.1) is 10.6 Å². The number of nitrogen functional groups attached to an aromatic ring is 1. The SMILES string of the molecule is CCC(NS(=O)(=O)c1ccc(NN)cc1[N+](=O)[O-])C(C)C. The molecule has 0 bridgehead atoms. The van der Waals surface area contributed by atoms with E-state index in [1.165, 1.54) is 12.1 Å². The number of nitro benzene ring substituents is 1. The van der Waals surface area contributed by atoms with Gasteiger partial charge in [-0.05, 0) is 24.5 Å². The van der Waals surface area contributed by atoms with Gasteiger partial charge in [0.25, 0.3) is 5.69 Å². The summed E-state index contributed by atoms with van der Waals surface area (Å²) < 4.78 is 27.2. The van der Waals surface area contributed by atoms with E-state index in [-0.39, 0.29) is 22.5 Å². The first-order chi connectivity index (χ1) is 9.72. The van der Waals surface area contributed by atoms with Gasteiger partial charge in [0, 0.05) is 12.1 Å². The number of sulfonamides is 1. The first-order valence-electron chi connectivity index (χ1n) is 6.50. The monoisotopic (exact) mass is 316 g/mol. The Morgan fingerprint density at radius 2 is 2.00 bits per heavy atom. The van der Waals surface area contributed by atoms with Gasteiger partial charge in [-0.25, -0.2) is 13.1 Å². The Bertz CT molecular complexity index is 616. The molecule has 118 valence electrons. The van der Waals surface area contributed by atoms with E-state index in [0.717, 1.165) is 6.07 Å². The molecule has 0 spiro atoms. The predicted molar refractivity (Wildman–Crippen MR) is 80.1 cm³/mol. The molecule has 21 heavy (non-hydrogen) atoms. The zero-order chi connectivity index (χ0) is 16.2. The highest BCUT2D eigenvalue weighted by atomic mass is 32.2. The van der Waals surface area contributed by atoms with Gasteiger partial charge in [-0.15, -0.1) is 0 Å². The first-order valence-corrected chi connectivity index (χ1v) is 7.98. The third-order valence-corrected chi connectivity index (χ3v) is 4.70. The Hall–Kier alpha value is -1.71. The fraction of sp³-hybridized carbons (Fsp3) is 0.500. The quantitative estimate of drug-likeness (QED) is 0.398. The van der Waals surface area contributed by atoms with Gasteiger partial charge in [0.2, 0.25) is 10.0 Å². The van der Waals surface area contributed by atoms with Gasteiger partial charge in [-0.2, -0.15) is 0 Å². The van der Waals surface area contributed by atoms with Crippen molar-refractivity contribution in [3.8, 4) is 0 Å². The maximum atomic E-state index is 12.4. The number of nitrogens with one attached hydrogen (secondary N) is 2. The summed E-state index contributed by atoms with van der Waals surface area (Å²) in [5.74, 6) is 5.26. The Balaban J connectivity index is 3.28. The van der Waals surface area contributed by atoms with Crippen LogP contribution >= 0.6 is 0 Å². The number of hydrogen-bond donors (Lipinski definition) is 3. The highest BCUT2D eigenvalue weighted by molar-refractivity contribution is 7.89. The van der Waals surface area contributed by atoms with Crippen molar-refractivity contribution in [3.05, 3.63) is 28.3 Å². The lowest BCUT2D eigenvalue weighted by Gasteiger charge is -2.20. The fourth-order valence-electron chi connectivity index (χ4n) is 1.93. The number of hydrazine groups is 1. The van der Waals surface area contributed by atoms with Gasteiger partial charge in [0.15, 0.2) is 4.90 Å². The Morgan fingerprint density at radius 3 is 2.43 bits per heavy atom. The topological polar surface area (TPSA) is 127 Å². The van der Waals surface area contributed by atoms with Crippen molar-refractivity contribution < 1.29 is 13.3 Å². The average molecular weight is 316 g/mol. The van der Waals surface area contributed by atoms with E-state index in [4.69, 9.17) is 5.84 Å². The first kappa shape index (κ1) is 17.3. The second-order valence-corrected chi connectivity index (χ2v) is 6.65. The second kappa shape index (κ2) is 6.83. The number of anilines is 1. The molecule has 0 aliphatic rings. The van der Waals surface area contributed by atoms with E-state index in [1.54, 1.807) is 0 Å².